The summed E-state index contributed by atoms with van der Waals surface area (Å²) in [5.41, 5.74) is 6.18. The highest BCUT2D eigenvalue weighted by molar-refractivity contribution is 6.74. The van der Waals surface area contributed by atoms with Gasteiger partial charge >= 0.3 is 0 Å². The molecule has 1 saturated carbocycles. The number of benzene rings is 2. The van der Waals surface area contributed by atoms with Crippen molar-refractivity contribution in [2.75, 3.05) is 19.7 Å². The molecule has 9 heteroatoms. The number of fused-ring (bicyclic) bond motifs is 1. The molecule has 0 saturated heterocycles. The van der Waals surface area contributed by atoms with Gasteiger partial charge in [-0.3, -0.25) is 9.48 Å². The first-order chi connectivity index (χ1) is 20.6. The second-order valence-corrected chi connectivity index (χ2v) is 17.9. The van der Waals surface area contributed by atoms with E-state index in [1.54, 1.807) is 6.20 Å². The fraction of sp³-hybridized carbons (Fsp3) is 0.412. The van der Waals surface area contributed by atoms with Crippen LogP contribution in [0.25, 0.3) is 22.5 Å². The Hall–Kier alpha value is -3.82. The Labute approximate surface area is 255 Å². The van der Waals surface area contributed by atoms with Gasteiger partial charge in [-0.15, -0.1) is 0 Å². The van der Waals surface area contributed by atoms with E-state index in [0.29, 0.717) is 49.9 Å². The summed E-state index contributed by atoms with van der Waals surface area (Å²) in [5.74, 6) is 1.48. The van der Waals surface area contributed by atoms with Crippen molar-refractivity contribution in [3.05, 3.63) is 83.9 Å². The second kappa shape index (κ2) is 11.7. The molecule has 0 bridgehead atoms. The molecular formula is C34H41N5O3Si. The normalized spacial score (nSPS) is 15.5. The molecule has 1 amide bonds. The van der Waals surface area contributed by atoms with Crippen LogP contribution in [0.4, 0.5) is 0 Å². The van der Waals surface area contributed by atoms with Gasteiger partial charge in [-0.05, 0) is 71.8 Å². The van der Waals surface area contributed by atoms with Gasteiger partial charge in [-0.25, -0.2) is 9.97 Å². The molecule has 0 atom stereocenters. The fourth-order valence-corrected chi connectivity index (χ4v) is 6.25. The average molecular weight is 596 g/mol. The zero-order valence-electron chi connectivity index (χ0n) is 25.8. The Balaban J connectivity index is 1.23. The van der Waals surface area contributed by atoms with Crippen molar-refractivity contribution in [2.24, 2.45) is 0 Å². The average Bonchev–Trinajstić information content (AvgIpc) is 3.77. The first kappa shape index (κ1) is 29.3. The molecule has 2 aromatic heterocycles. The van der Waals surface area contributed by atoms with Crippen LogP contribution in [0.3, 0.4) is 0 Å². The molecule has 8 nitrogen and oxygen atoms in total. The van der Waals surface area contributed by atoms with Gasteiger partial charge in [0.15, 0.2) is 8.32 Å². The molecule has 0 N–H and O–H groups in total. The Morgan fingerprint density at radius 3 is 2.37 bits per heavy atom. The molecule has 2 aromatic carbocycles. The van der Waals surface area contributed by atoms with Crippen molar-refractivity contribution in [2.45, 2.75) is 70.8 Å². The van der Waals surface area contributed by atoms with Gasteiger partial charge < -0.3 is 14.1 Å². The maximum Gasteiger partial charge on any atom is 0.272 e. The van der Waals surface area contributed by atoms with E-state index in [1.165, 1.54) is 24.7 Å². The lowest BCUT2D eigenvalue weighted by molar-refractivity contribution is 0.0666. The molecule has 3 heterocycles. The second-order valence-electron chi connectivity index (χ2n) is 13.1. The van der Waals surface area contributed by atoms with E-state index in [9.17, 15) is 4.79 Å². The van der Waals surface area contributed by atoms with Gasteiger partial charge in [0.25, 0.3) is 5.91 Å². The van der Waals surface area contributed by atoms with Crippen molar-refractivity contribution >= 4 is 14.2 Å². The minimum absolute atomic E-state index is 0.0390. The lowest BCUT2D eigenvalue weighted by Gasteiger charge is -2.37. The summed E-state index contributed by atoms with van der Waals surface area (Å²) in [7, 11) is -1.91. The Bertz CT molecular complexity index is 1570. The van der Waals surface area contributed by atoms with Crippen LogP contribution < -0.4 is 4.74 Å². The van der Waals surface area contributed by atoms with Crippen molar-refractivity contribution in [3.8, 4) is 28.3 Å². The van der Waals surface area contributed by atoms with E-state index < -0.39 is 8.32 Å². The van der Waals surface area contributed by atoms with Gasteiger partial charge in [-0.2, -0.15) is 5.10 Å². The third kappa shape index (κ3) is 6.28. The molecule has 1 aliphatic carbocycles. The topological polar surface area (TPSA) is 82.4 Å². The SMILES string of the molecule is CC(C)(C)[Si](C)(C)OCCN1CCn2nc(-c3ccncn3)c(-c3ccc(OCc4ccc(C5CC5)cc4)cc3)c2C1=O. The third-order valence-electron chi connectivity index (χ3n) is 9.06. The van der Waals surface area contributed by atoms with Crippen LogP contribution >= 0.6 is 0 Å². The number of ether oxygens (including phenoxy) is 1. The zero-order valence-corrected chi connectivity index (χ0v) is 26.8. The van der Waals surface area contributed by atoms with E-state index >= 15 is 0 Å². The van der Waals surface area contributed by atoms with Crippen LogP contribution in [0.15, 0.2) is 67.1 Å². The number of nitrogens with zero attached hydrogens (tertiary/aromatic N) is 5. The van der Waals surface area contributed by atoms with E-state index in [1.807, 2.05) is 39.9 Å². The molecule has 2 aliphatic rings. The van der Waals surface area contributed by atoms with Crippen LogP contribution in [-0.2, 0) is 17.6 Å². The highest BCUT2D eigenvalue weighted by Gasteiger charge is 2.38. The van der Waals surface area contributed by atoms with Crippen LogP contribution in [0.5, 0.6) is 5.75 Å². The summed E-state index contributed by atoms with van der Waals surface area (Å²) in [4.78, 5) is 24.4. The fourth-order valence-electron chi connectivity index (χ4n) is 5.22. The number of aromatic nitrogens is 4. The van der Waals surface area contributed by atoms with Crippen LogP contribution in [0.1, 0.15) is 61.1 Å². The maximum atomic E-state index is 14.0. The van der Waals surface area contributed by atoms with Crippen LogP contribution in [0, 0.1) is 0 Å². The lowest BCUT2D eigenvalue weighted by Crippen LogP contribution is -2.46. The predicted octanol–water partition coefficient (Wildman–Crippen LogP) is 6.94. The molecule has 6 rings (SSSR count). The Kier molecular flexibility index (Phi) is 7.96. The van der Waals surface area contributed by atoms with Crippen LogP contribution in [0.2, 0.25) is 18.1 Å². The van der Waals surface area contributed by atoms with Gasteiger partial charge in [0.05, 0.1) is 18.8 Å². The van der Waals surface area contributed by atoms with Gasteiger partial charge in [0.2, 0.25) is 0 Å². The monoisotopic (exact) mass is 595 g/mol. The van der Waals surface area contributed by atoms with Crippen molar-refractivity contribution < 1.29 is 14.0 Å². The van der Waals surface area contributed by atoms with E-state index in [0.717, 1.165) is 28.4 Å². The van der Waals surface area contributed by atoms with Crippen molar-refractivity contribution in [1.82, 2.24) is 24.6 Å². The molecule has 0 unspecified atom stereocenters. The van der Waals surface area contributed by atoms with Crippen LogP contribution in [-0.4, -0.2) is 58.6 Å². The third-order valence-corrected chi connectivity index (χ3v) is 13.6. The van der Waals surface area contributed by atoms with Gasteiger partial charge in [-0.1, -0.05) is 57.2 Å². The maximum absolute atomic E-state index is 14.0. The van der Waals surface area contributed by atoms with E-state index in [-0.39, 0.29) is 10.9 Å². The predicted molar refractivity (Wildman–Crippen MR) is 170 cm³/mol. The van der Waals surface area contributed by atoms with Gasteiger partial charge in [0, 0.05) is 24.8 Å². The molecule has 4 aromatic rings. The largest absolute Gasteiger partial charge is 0.489 e. The number of amides is 1. The minimum Gasteiger partial charge on any atom is -0.489 e. The molecule has 224 valence electrons. The Morgan fingerprint density at radius 1 is 0.977 bits per heavy atom. The number of hydrogen-bond acceptors (Lipinski definition) is 6. The van der Waals surface area contributed by atoms with Gasteiger partial charge in [0.1, 0.15) is 30.1 Å². The lowest BCUT2D eigenvalue weighted by atomic mass is 9.99. The molecule has 0 radical (unpaired) electrons. The number of carbonyl (C=O) groups excluding carboxylic acids is 1. The number of rotatable bonds is 10. The Morgan fingerprint density at radius 2 is 1.72 bits per heavy atom. The molecule has 43 heavy (non-hydrogen) atoms. The summed E-state index contributed by atoms with van der Waals surface area (Å²) in [6.07, 6.45) is 5.82. The van der Waals surface area contributed by atoms with Crippen molar-refractivity contribution in [3.63, 3.8) is 0 Å². The zero-order chi connectivity index (χ0) is 30.2. The molecule has 1 fully saturated rings. The summed E-state index contributed by atoms with van der Waals surface area (Å²) >= 11 is 0. The quantitative estimate of drug-likeness (QED) is 0.185. The number of carbonyl (C=O) groups is 1. The standard InChI is InChI=1S/C34H41N5O3Si/c1-34(2,3)43(4,5)42-21-20-38-18-19-39-32(33(38)40)30(31(37-39)29-16-17-35-23-36-29)27-12-14-28(15-13-27)41-22-24-6-8-25(9-7-24)26-10-11-26/h6-9,12-17,23,26H,10-11,18-22H2,1-5H3. The molecule has 0 spiro atoms. The van der Waals surface area contributed by atoms with Crippen molar-refractivity contribution in [1.29, 1.82) is 0 Å². The highest BCUT2D eigenvalue weighted by Crippen LogP contribution is 2.40. The summed E-state index contributed by atoms with van der Waals surface area (Å²) in [6.45, 7) is 13.9. The van der Waals surface area contributed by atoms with E-state index in [2.05, 4.69) is 68.1 Å². The molecular weight excluding hydrogens is 554 g/mol. The summed E-state index contributed by atoms with van der Waals surface area (Å²) in [5, 5.41) is 5.00. The first-order valence-electron chi connectivity index (χ1n) is 15.2. The highest BCUT2D eigenvalue weighted by atomic mass is 28.4. The first-order valence-corrected chi connectivity index (χ1v) is 18.1. The van der Waals surface area contributed by atoms with E-state index in [4.69, 9.17) is 14.3 Å². The number of hydrogen-bond donors (Lipinski definition) is 0. The minimum atomic E-state index is -1.91. The molecule has 1 aliphatic heterocycles. The summed E-state index contributed by atoms with van der Waals surface area (Å²) in [6, 6.07) is 18.5. The smallest absolute Gasteiger partial charge is 0.272 e. The summed E-state index contributed by atoms with van der Waals surface area (Å²) < 4.78 is 14.3.